The number of hydrogen-bond acceptors (Lipinski definition) is 4. The van der Waals surface area contributed by atoms with Gasteiger partial charge in [0.15, 0.2) is 11.5 Å². The van der Waals surface area contributed by atoms with E-state index in [-0.39, 0.29) is 11.8 Å². The van der Waals surface area contributed by atoms with Crippen molar-refractivity contribution in [3.05, 3.63) is 46.6 Å². The Labute approximate surface area is 183 Å². The number of anilines is 2. The van der Waals surface area contributed by atoms with Gasteiger partial charge in [0.1, 0.15) is 0 Å². The number of amides is 1. The first-order valence-electron chi connectivity index (χ1n) is 11.2. The van der Waals surface area contributed by atoms with Crippen molar-refractivity contribution in [3.8, 4) is 0 Å². The zero-order chi connectivity index (χ0) is 20.8. The van der Waals surface area contributed by atoms with Crippen LogP contribution in [0.5, 0.6) is 0 Å². The first kappa shape index (κ1) is 19.8. The Balaban J connectivity index is 1.35. The number of nitrogens with zero attached hydrogens (tertiary/aromatic N) is 2. The Hall–Kier alpha value is -2.14. The van der Waals surface area contributed by atoms with E-state index in [1.807, 2.05) is 30.3 Å². The van der Waals surface area contributed by atoms with Gasteiger partial charge in [-0.3, -0.25) is 4.79 Å². The summed E-state index contributed by atoms with van der Waals surface area (Å²) in [5, 5.41) is 15.9. The van der Waals surface area contributed by atoms with Crippen LogP contribution in [0.1, 0.15) is 67.9 Å². The fourth-order valence-corrected chi connectivity index (χ4v) is 6.37. The van der Waals surface area contributed by atoms with Gasteiger partial charge in [0, 0.05) is 16.8 Å². The van der Waals surface area contributed by atoms with Crippen molar-refractivity contribution >= 4 is 29.0 Å². The zero-order valence-electron chi connectivity index (χ0n) is 17.6. The highest BCUT2D eigenvalue weighted by molar-refractivity contribution is 6.30. The number of halogens is 1. The third-order valence-electron chi connectivity index (χ3n) is 7.28. The van der Waals surface area contributed by atoms with E-state index in [0.29, 0.717) is 34.4 Å². The van der Waals surface area contributed by atoms with Crippen LogP contribution in [0.2, 0.25) is 5.02 Å². The molecule has 2 aromatic rings. The van der Waals surface area contributed by atoms with E-state index in [1.54, 1.807) is 0 Å². The van der Waals surface area contributed by atoms with Gasteiger partial charge >= 0.3 is 0 Å². The van der Waals surface area contributed by atoms with Crippen molar-refractivity contribution in [1.82, 2.24) is 15.5 Å². The molecule has 4 aliphatic carbocycles. The summed E-state index contributed by atoms with van der Waals surface area (Å²) in [6.07, 6.45) is 6.54. The van der Waals surface area contributed by atoms with Crippen molar-refractivity contribution in [2.24, 2.45) is 23.7 Å². The van der Waals surface area contributed by atoms with Gasteiger partial charge in [-0.05, 0) is 91.5 Å². The molecule has 2 N–H and O–H groups in total. The van der Waals surface area contributed by atoms with E-state index >= 15 is 0 Å². The van der Waals surface area contributed by atoms with Crippen LogP contribution in [0.3, 0.4) is 0 Å². The second-order valence-corrected chi connectivity index (χ2v) is 10.2. The number of carbonyl (C=O) groups is 1. The Kier molecular flexibility index (Phi) is 5.18. The molecule has 1 amide bonds. The lowest BCUT2D eigenvalue weighted by Gasteiger charge is -2.54. The number of carbonyl (C=O) groups excluding carboxylic acids is 1. The van der Waals surface area contributed by atoms with Gasteiger partial charge in [0.2, 0.25) is 0 Å². The largest absolute Gasteiger partial charge is 0.347 e. The van der Waals surface area contributed by atoms with Crippen LogP contribution in [0.25, 0.3) is 0 Å². The molecular formula is C24H29ClN4O. The molecule has 4 saturated carbocycles. The number of hydrogen-bond donors (Lipinski definition) is 2. The van der Waals surface area contributed by atoms with Gasteiger partial charge in [-0.15, -0.1) is 10.2 Å². The summed E-state index contributed by atoms with van der Waals surface area (Å²) in [7, 11) is 0. The standard InChI is InChI=1S/C24H29ClN4O/c1-13(2)20-12-21(26-19-5-3-4-18(25)11-19)28-29-23(20)24(30)27-22-16-7-14-6-15(9-16)10-17(22)8-14/h3-5,11-17,22H,6-10H2,1-2H3,(H,26,28)(H,27,30). The summed E-state index contributed by atoms with van der Waals surface area (Å²) < 4.78 is 0. The van der Waals surface area contributed by atoms with E-state index in [0.717, 1.165) is 23.1 Å². The van der Waals surface area contributed by atoms with E-state index < -0.39 is 0 Å². The fourth-order valence-electron chi connectivity index (χ4n) is 6.18. The molecule has 6 heteroatoms. The Morgan fingerprint density at radius 2 is 1.73 bits per heavy atom. The first-order valence-corrected chi connectivity index (χ1v) is 11.5. The molecule has 1 aromatic heterocycles. The van der Waals surface area contributed by atoms with E-state index in [9.17, 15) is 4.79 Å². The molecule has 4 bridgehead atoms. The van der Waals surface area contributed by atoms with Crippen LogP contribution in [-0.2, 0) is 0 Å². The topological polar surface area (TPSA) is 66.9 Å². The minimum atomic E-state index is -0.0713. The van der Waals surface area contributed by atoms with Crippen molar-refractivity contribution in [2.75, 3.05) is 5.32 Å². The normalized spacial score (nSPS) is 29.3. The first-order chi connectivity index (χ1) is 14.5. The lowest BCUT2D eigenvalue weighted by Crippen LogP contribution is -2.56. The molecule has 0 atom stereocenters. The van der Waals surface area contributed by atoms with Gasteiger partial charge in [-0.2, -0.15) is 0 Å². The zero-order valence-corrected chi connectivity index (χ0v) is 18.3. The number of nitrogens with one attached hydrogen (secondary N) is 2. The van der Waals surface area contributed by atoms with E-state index in [1.165, 1.54) is 32.1 Å². The molecular weight excluding hydrogens is 396 g/mol. The maximum absolute atomic E-state index is 13.2. The maximum Gasteiger partial charge on any atom is 0.272 e. The SMILES string of the molecule is CC(C)c1cc(Nc2cccc(Cl)c2)nnc1C(=O)NC1C2CC3CC(C2)CC1C3. The number of aromatic nitrogens is 2. The summed E-state index contributed by atoms with van der Waals surface area (Å²) in [6, 6.07) is 9.71. The van der Waals surface area contributed by atoms with Crippen LogP contribution in [0.4, 0.5) is 11.5 Å². The van der Waals surface area contributed by atoms with Crippen LogP contribution >= 0.6 is 11.6 Å². The van der Waals surface area contributed by atoms with Gasteiger partial charge in [-0.1, -0.05) is 31.5 Å². The summed E-state index contributed by atoms with van der Waals surface area (Å²) in [5.41, 5.74) is 2.21. The third-order valence-corrected chi connectivity index (χ3v) is 7.52. The van der Waals surface area contributed by atoms with Crippen molar-refractivity contribution in [3.63, 3.8) is 0 Å². The van der Waals surface area contributed by atoms with Crippen LogP contribution < -0.4 is 10.6 Å². The molecule has 1 aromatic carbocycles. The second-order valence-electron chi connectivity index (χ2n) is 9.75. The molecule has 0 unspecified atom stereocenters. The monoisotopic (exact) mass is 424 g/mol. The predicted molar refractivity (Wildman–Crippen MR) is 119 cm³/mol. The van der Waals surface area contributed by atoms with Gasteiger partial charge in [0.25, 0.3) is 5.91 Å². The highest BCUT2D eigenvalue weighted by Gasteiger charge is 2.48. The average Bonchev–Trinajstić information content (AvgIpc) is 2.70. The number of rotatable bonds is 5. The summed E-state index contributed by atoms with van der Waals surface area (Å²) in [5.74, 6) is 3.78. The summed E-state index contributed by atoms with van der Waals surface area (Å²) in [4.78, 5) is 13.2. The van der Waals surface area contributed by atoms with Crippen molar-refractivity contribution in [1.29, 1.82) is 0 Å². The molecule has 6 rings (SSSR count). The molecule has 0 aliphatic heterocycles. The highest BCUT2D eigenvalue weighted by Crippen LogP contribution is 2.53. The average molecular weight is 425 g/mol. The van der Waals surface area contributed by atoms with Crippen LogP contribution in [0, 0.1) is 23.7 Å². The van der Waals surface area contributed by atoms with Crippen LogP contribution in [-0.4, -0.2) is 22.1 Å². The Morgan fingerprint density at radius 1 is 1.03 bits per heavy atom. The molecule has 0 spiro atoms. The minimum Gasteiger partial charge on any atom is -0.347 e. The molecule has 0 radical (unpaired) electrons. The molecule has 30 heavy (non-hydrogen) atoms. The molecule has 5 nitrogen and oxygen atoms in total. The smallest absolute Gasteiger partial charge is 0.272 e. The van der Waals surface area contributed by atoms with E-state index in [4.69, 9.17) is 11.6 Å². The summed E-state index contributed by atoms with van der Waals surface area (Å²) in [6.45, 7) is 4.17. The third kappa shape index (κ3) is 3.80. The van der Waals surface area contributed by atoms with Gasteiger partial charge < -0.3 is 10.6 Å². The van der Waals surface area contributed by atoms with Gasteiger partial charge in [-0.25, -0.2) is 0 Å². The minimum absolute atomic E-state index is 0.0713. The fraction of sp³-hybridized carbons (Fsp3) is 0.542. The van der Waals surface area contributed by atoms with Crippen molar-refractivity contribution < 1.29 is 4.79 Å². The highest BCUT2D eigenvalue weighted by atomic mass is 35.5. The van der Waals surface area contributed by atoms with E-state index in [2.05, 4.69) is 34.7 Å². The Morgan fingerprint density at radius 3 is 2.37 bits per heavy atom. The Bertz CT molecular complexity index is 932. The van der Waals surface area contributed by atoms with Gasteiger partial charge in [0.05, 0.1) is 0 Å². The second kappa shape index (κ2) is 7.84. The van der Waals surface area contributed by atoms with Crippen molar-refractivity contribution in [2.45, 2.75) is 57.9 Å². The number of benzene rings is 1. The lowest BCUT2D eigenvalue weighted by molar-refractivity contribution is -0.0120. The predicted octanol–water partition coefficient (Wildman–Crippen LogP) is 5.55. The summed E-state index contributed by atoms with van der Waals surface area (Å²) >= 11 is 6.08. The molecule has 4 fully saturated rings. The van der Waals surface area contributed by atoms with Crippen LogP contribution in [0.15, 0.2) is 30.3 Å². The quantitative estimate of drug-likeness (QED) is 0.660. The molecule has 158 valence electrons. The molecule has 4 aliphatic rings. The lowest BCUT2D eigenvalue weighted by atomic mass is 9.54. The maximum atomic E-state index is 13.2. The molecule has 0 saturated heterocycles. The molecule has 1 heterocycles.